The molecule has 0 amide bonds. The Labute approximate surface area is 166 Å². The highest BCUT2D eigenvalue weighted by molar-refractivity contribution is 5.48. The van der Waals surface area contributed by atoms with Crippen molar-refractivity contribution in [3.05, 3.63) is 106 Å². The van der Waals surface area contributed by atoms with Gasteiger partial charge in [0.2, 0.25) is 0 Å². The molecule has 144 valence electrons. The van der Waals surface area contributed by atoms with E-state index in [0.29, 0.717) is 6.61 Å². The van der Waals surface area contributed by atoms with Crippen molar-refractivity contribution in [3.8, 4) is 0 Å². The van der Waals surface area contributed by atoms with Crippen LogP contribution in [0.25, 0.3) is 0 Å². The average Bonchev–Trinajstić information content (AvgIpc) is 3.47. The second kappa shape index (κ2) is 8.15. The van der Waals surface area contributed by atoms with Gasteiger partial charge in [-0.25, -0.2) is 0 Å². The number of unbranched alkanes of at least 4 members (excludes halogenated alkanes) is 1. The van der Waals surface area contributed by atoms with Gasteiger partial charge in [0, 0.05) is 24.0 Å². The molecule has 1 aromatic heterocycles. The summed E-state index contributed by atoms with van der Waals surface area (Å²) in [7, 11) is 0. The summed E-state index contributed by atoms with van der Waals surface area (Å²) in [6, 6.07) is 20.6. The molecule has 0 bridgehead atoms. The van der Waals surface area contributed by atoms with Gasteiger partial charge in [-0.15, -0.1) is 0 Å². The van der Waals surface area contributed by atoms with Gasteiger partial charge in [0.15, 0.2) is 5.43 Å². The van der Waals surface area contributed by atoms with E-state index in [2.05, 4.69) is 48.3 Å². The van der Waals surface area contributed by atoms with Gasteiger partial charge in [-0.05, 0) is 36.0 Å². The van der Waals surface area contributed by atoms with Crippen LogP contribution in [-0.2, 0) is 23.2 Å². The predicted molar refractivity (Wildman–Crippen MR) is 113 cm³/mol. The fraction of sp³-hybridized carbons (Fsp3) is 0.320. The van der Waals surface area contributed by atoms with Crippen molar-refractivity contribution in [3.63, 3.8) is 0 Å². The molecule has 3 heteroatoms. The van der Waals surface area contributed by atoms with Crippen LogP contribution in [0.4, 0.5) is 0 Å². The summed E-state index contributed by atoms with van der Waals surface area (Å²) in [4.78, 5) is 15.7. The molecule has 1 heterocycles. The summed E-state index contributed by atoms with van der Waals surface area (Å²) < 4.78 is 6.26. The van der Waals surface area contributed by atoms with Gasteiger partial charge in [-0.1, -0.05) is 67.9 Å². The maximum atomic E-state index is 12.6. The van der Waals surface area contributed by atoms with Crippen LogP contribution in [0, 0.1) is 0 Å². The molecule has 0 aliphatic heterocycles. The zero-order chi connectivity index (χ0) is 19.4. The number of hydrogen-bond acceptors (Lipinski definition) is 2. The van der Waals surface area contributed by atoms with Crippen molar-refractivity contribution in [1.29, 1.82) is 0 Å². The van der Waals surface area contributed by atoms with Gasteiger partial charge < -0.3 is 9.72 Å². The lowest BCUT2D eigenvalue weighted by molar-refractivity contribution is 0.0940. The fourth-order valence-corrected chi connectivity index (χ4v) is 4.06. The number of ether oxygens (including phenoxy) is 1. The Morgan fingerprint density at radius 3 is 2.54 bits per heavy atom. The number of benzene rings is 2. The van der Waals surface area contributed by atoms with E-state index in [1.807, 2.05) is 24.4 Å². The van der Waals surface area contributed by atoms with Crippen LogP contribution < -0.4 is 5.43 Å². The fourth-order valence-electron chi connectivity index (χ4n) is 4.06. The minimum Gasteiger partial charge on any atom is -0.372 e. The second-order valence-electron chi connectivity index (χ2n) is 7.68. The summed E-state index contributed by atoms with van der Waals surface area (Å²) >= 11 is 0. The minimum absolute atomic E-state index is 0.0118. The number of aryl methyl sites for hydroxylation is 1. The van der Waals surface area contributed by atoms with E-state index < -0.39 is 0 Å². The van der Waals surface area contributed by atoms with E-state index in [1.54, 1.807) is 12.3 Å². The van der Waals surface area contributed by atoms with Crippen molar-refractivity contribution in [2.24, 2.45) is 0 Å². The van der Waals surface area contributed by atoms with Crippen LogP contribution in [0.15, 0.2) is 77.9 Å². The van der Waals surface area contributed by atoms with Gasteiger partial charge in [0.1, 0.15) is 0 Å². The maximum Gasteiger partial charge on any atom is 0.185 e. The summed E-state index contributed by atoms with van der Waals surface area (Å²) in [5.41, 5.74) is 4.19. The van der Waals surface area contributed by atoms with Gasteiger partial charge in [0.05, 0.1) is 18.1 Å². The molecule has 3 nitrogen and oxygen atoms in total. The van der Waals surface area contributed by atoms with Gasteiger partial charge in [-0.2, -0.15) is 0 Å². The van der Waals surface area contributed by atoms with Crippen LogP contribution in [0.3, 0.4) is 0 Å². The molecule has 1 fully saturated rings. The zero-order valence-corrected chi connectivity index (χ0v) is 16.4. The van der Waals surface area contributed by atoms with Crippen LogP contribution >= 0.6 is 0 Å². The molecule has 0 radical (unpaired) electrons. The first kappa shape index (κ1) is 18.7. The molecule has 2 aromatic carbocycles. The lowest BCUT2D eigenvalue weighted by atomic mass is 9.87. The Bertz CT molecular complexity index is 962. The molecule has 3 aromatic rings. The monoisotopic (exact) mass is 373 g/mol. The molecule has 1 aliphatic carbocycles. The highest BCUT2D eigenvalue weighted by Crippen LogP contribution is 2.54. The topological polar surface area (TPSA) is 42.1 Å². The Morgan fingerprint density at radius 1 is 1.04 bits per heavy atom. The third kappa shape index (κ3) is 3.67. The predicted octanol–water partition coefficient (Wildman–Crippen LogP) is 4.99. The second-order valence-corrected chi connectivity index (χ2v) is 7.68. The van der Waals surface area contributed by atoms with E-state index in [-0.39, 0.29) is 16.9 Å². The lowest BCUT2D eigenvalue weighted by Gasteiger charge is -2.18. The van der Waals surface area contributed by atoms with Crippen molar-refractivity contribution < 1.29 is 4.74 Å². The molecular weight excluding hydrogens is 346 g/mol. The van der Waals surface area contributed by atoms with Crippen molar-refractivity contribution >= 4 is 0 Å². The Balaban J connectivity index is 1.61. The normalized spacial score (nSPS) is 20.8. The lowest BCUT2D eigenvalue weighted by Crippen LogP contribution is -2.24. The molecule has 1 N–H and O–H groups in total. The first-order valence-corrected chi connectivity index (χ1v) is 10.2. The van der Waals surface area contributed by atoms with E-state index >= 15 is 0 Å². The summed E-state index contributed by atoms with van der Waals surface area (Å²) in [6.45, 7) is 2.77. The molecule has 1 aliphatic rings. The van der Waals surface area contributed by atoms with Gasteiger partial charge in [0.25, 0.3) is 0 Å². The first-order chi connectivity index (χ1) is 13.7. The number of rotatable bonds is 8. The Kier molecular flexibility index (Phi) is 5.45. The molecule has 0 saturated heterocycles. The van der Waals surface area contributed by atoms with Gasteiger partial charge >= 0.3 is 0 Å². The van der Waals surface area contributed by atoms with E-state index in [9.17, 15) is 4.79 Å². The van der Waals surface area contributed by atoms with Gasteiger partial charge in [-0.3, -0.25) is 4.79 Å². The molecule has 4 rings (SSSR count). The smallest absolute Gasteiger partial charge is 0.185 e. The SMILES string of the molecule is CCCCc1ccc(C2(c3c[nH]ccc3=O)CC2OCc2ccccc2)cc1. The highest BCUT2D eigenvalue weighted by atomic mass is 16.5. The minimum atomic E-state index is -0.354. The van der Waals surface area contributed by atoms with Crippen molar-refractivity contribution in [2.75, 3.05) is 0 Å². The Morgan fingerprint density at radius 2 is 1.82 bits per heavy atom. The number of pyridine rings is 1. The number of hydrogen-bond donors (Lipinski definition) is 1. The molecular formula is C25H27NO2. The third-order valence-electron chi connectivity index (χ3n) is 5.78. The summed E-state index contributed by atoms with van der Waals surface area (Å²) in [5, 5.41) is 0. The van der Waals surface area contributed by atoms with Crippen LogP contribution in [0.1, 0.15) is 48.4 Å². The molecule has 2 atom stereocenters. The molecule has 28 heavy (non-hydrogen) atoms. The van der Waals surface area contributed by atoms with Crippen LogP contribution in [0.2, 0.25) is 0 Å². The first-order valence-electron chi connectivity index (χ1n) is 10.2. The molecule has 0 spiro atoms. The van der Waals surface area contributed by atoms with E-state index in [4.69, 9.17) is 4.74 Å². The molecule has 2 unspecified atom stereocenters. The number of aromatic nitrogens is 1. The van der Waals surface area contributed by atoms with Crippen molar-refractivity contribution in [1.82, 2.24) is 4.98 Å². The standard InChI is InChI=1S/C25H27NO2/c1-2-3-7-19-10-12-21(13-11-19)25(22-17-26-15-14-23(22)27)16-24(25)28-18-20-8-5-4-6-9-20/h4-6,8-15,17,24H,2-3,7,16,18H2,1H3,(H,26,27). The zero-order valence-electron chi connectivity index (χ0n) is 16.4. The number of nitrogens with one attached hydrogen (secondary N) is 1. The number of aromatic amines is 1. The van der Waals surface area contributed by atoms with Crippen molar-refractivity contribution in [2.45, 2.75) is 50.7 Å². The largest absolute Gasteiger partial charge is 0.372 e. The number of H-pyrrole nitrogens is 1. The highest BCUT2D eigenvalue weighted by Gasteiger charge is 2.59. The third-order valence-corrected chi connectivity index (χ3v) is 5.78. The summed E-state index contributed by atoms with van der Waals surface area (Å²) in [5.74, 6) is 0. The average molecular weight is 373 g/mol. The van der Waals surface area contributed by atoms with Crippen LogP contribution in [0.5, 0.6) is 0 Å². The van der Waals surface area contributed by atoms with E-state index in [1.165, 1.54) is 24.0 Å². The molecule has 1 saturated carbocycles. The summed E-state index contributed by atoms with van der Waals surface area (Å²) in [6.07, 6.45) is 7.88. The van der Waals surface area contributed by atoms with Crippen LogP contribution in [-0.4, -0.2) is 11.1 Å². The van der Waals surface area contributed by atoms with E-state index in [0.717, 1.165) is 24.0 Å². The Hall–Kier alpha value is -2.65. The maximum absolute atomic E-state index is 12.6. The quantitative estimate of drug-likeness (QED) is 0.604.